The number of aliphatic hydroxyl groups is 1. The van der Waals surface area contributed by atoms with Gasteiger partial charge < -0.3 is 39.8 Å². The topological polar surface area (TPSA) is 134 Å². The van der Waals surface area contributed by atoms with Crippen molar-refractivity contribution in [3.05, 3.63) is 36.3 Å². The second kappa shape index (κ2) is 14.4. The standard InChI is InChI=1S/C20H28N6O2.C6H12O3/c1-21-8-5-9-26(2)12-14-11-22-19-18(14)20(24-13-23-19)25-16-7-6-15(27-3)10-17(16)28-4;1-6(2,3)9-5(8)4-7/h6-7,10-11,13,21H,5,8-9,12H2,1-4H3,(H2,22,23,24,25);7H,4H2,1-3H3. The van der Waals surface area contributed by atoms with Crippen molar-refractivity contribution in [2.24, 2.45) is 0 Å². The molecule has 11 heteroatoms. The molecule has 37 heavy (non-hydrogen) atoms. The number of carbonyl (C=O) groups is 1. The highest BCUT2D eigenvalue weighted by atomic mass is 16.6. The highest BCUT2D eigenvalue weighted by Crippen LogP contribution is 2.33. The molecule has 2 heterocycles. The number of H-pyrrole nitrogens is 1. The maximum atomic E-state index is 10.4. The Hall–Kier alpha value is -3.41. The normalized spacial score (nSPS) is 11.2. The number of hydrogen-bond donors (Lipinski definition) is 4. The SMILES string of the molecule is CC(C)(C)OC(=O)CO.CNCCCN(C)Cc1c[nH]c2ncnc(Nc3ccc(OC)cc3OC)c12. The summed E-state index contributed by atoms with van der Waals surface area (Å²) >= 11 is 0. The molecule has 3 rings (SSSR count). The molecule has 204 valence electrons. The molecule has 0 aliphatic carbocycles. The second-order valence-corrected chi connectivity index (χ2v) is 9.39. The molecule has 11 nitrogen and oxygen atoms in total. The van der Waals surface area contributed by atoms with Crippen LogP contribution in [0.1, 0.15) is 32.8 Å². The Morgan fingerprint density at radius 1 is 1.19 bits per heavy atom. The number of aromatic nitrogens is 3. The van der Waals surface area contributed by atoms with Gasteiger partial charge in [-0.3, -0.25) is 0 Å². The number of anilines is 2. The van der Waals surface area contributed by atoms with Gasteiger partial charge in [0, 0.05) is 18.8 Å². The van der Waals surface area contributed by atoms with Crippen molar-refractivity contribution < 1.29 is 24.1 Å². The highest BCUT2D eigenvalue weighted by Gasteiger charge is 2.15. The highest BCUT2D eigenvalue weighted by molar-refractivity contribution is 5.92. The Balaban J connectivity index is 0.000000458. The largest absolute Gasteiger partial charge is 0.497 e. The maximum absolute atomic E-state index is 10.4. The fourth-order valence-electron chi connectivity index (χ4n) is 3.55. The van der Waals surface area contributed by atoms with Crippen molar-refractivity contribution in [1.82, 2.24) is 25.2 Å². The van der Waals surface area contributed by atoms with Gasteiger partial charge in [-0.05, 0) is 72.1 Å². The number of methoxy groups -OCH3 is 2. The molecular formula is C26H40N6O5. The summed E-state index contributed by atoms with van der Waals surface area (Å²) in [6.45, 7) is 7.53. The van der Waals surface area contributed by atoms with Gasteiger partial charge in [0.2, 0.25) is 0 Å². The van der Waals surface area contributed by atoms with Gasteiger partial charge in [0.1, 0.15) is 41.5 Å². The lowest BCUT2D eigenvalue weighted by Gasteiger charge is -2.18. The second-order valence-electron chi connectivity index (χ2n) is 9.39. The molecule has 0 aliphatic rings. The van der Waals surface area contributed by atoms with E-state index in [0.29, 0.717) is 5.75 Å². The van der Waals surface area contributed by atoms with E-state index in [-0.39, 0.29) is 0 Å². The van der Waals surface area contributed by atoms with E-state index in [1.54, 1.807) is 41.3 Å². The van der Waals surface area contributed by atoms with Crippen LogP contribution in [0.4, 0.5) is 11.5 Å². The molecule has 0 amide bonds. The first-order valence-electron chi connectivity index (χ1n) is 12.1. The Morgan fingerprint density at radius 2 is 1.95 bits per heavy atom. The lowest BCUT2D eigenvalue weighted by Crippen LogP contribution is -2.25. The Kier molecular flexibility index (Phi) is 11.6. The molecule has 0 saturated heterocycles. The molecule has 0 spiro atoms. The minimum atomic E-state index is -0.581. The zero-order valence-electron chi connectivity index (χ0n) is 22.8. The van der Waals surface area contributed by atoms with Crippen LogP contribution in [0.5, 0.6) is 11.5 Å². The molecule has 0 atom stereocenters. The number of fused-ring (bicyclic) bond motifs is 1. The molecule has 0 unspecified atom stereocenters. The molecule has 0 bridgehead atoms. The lowest BCUT2D eigenvalue weighted by atomic mass is 10.2. The molecular weight excluding hydrogens is 476 g/mol. The average Bonchev–Trinajstić information content (AvgIpc) is 3.27. The van der Waals surface area contributed by atoms with Crippen molar-refractivity contribution in [3.8, 4) is 11.5 Å². The number of hydrogen-bond acceptors (Lipinski definition) is 10. The predicted molar refractivity (Wildman–Crippen MR) is 145 cm³/mol. The molecule has 0 saturated carbocycles. The minimum absolute atomic E-state index is 0.486. The molecule has 0 aliphatic heterocycles. The van der Waals surface area contributed by atoms with E-state index >= 15 is 0 Å². The predicted octanol–water partition coefficient (Wildman–Crippen LogP) is 3.08. The van der Waals surface area contributed by atoms with Crippen molar-refractivity contribution in [3.63, 3.8) is 0 Å². The van der Waals surface area contributed by atoms with Crippen molar-refractivity contribution >= 4 is 28.5 Å². The first kappa shape index (κ1) is 29.8. The molecule has 4 N–H and O–H groups in total. The van der Waals surface area contributed by atoms with Crippen LogP contribution < -0.4 is 20.1 Å². The van der Waals surface area contributed by atoms with Gasteiger partial charge in [0.25, 0.3) is 0 Å². The van der Waals surface area contributed by atoms with Gasteiger partial charge in [-0.25, -0.2) is 14.8 Å². The Labute approximate surface area is 218 Å². The third-order valence-electron chi connectivity index (χ3n) is 5.17. The summed E-state index contributed by atoms with van der Waals surface area (Å²) in [7, 11) is 7.37. The fourth-order valence-corrected chi connectivity index (χ4v) is 3.55. The quantitative estimate of drug-likeness (QED) is 0.222. The van der Waals surface area contributed by atoms with Crippen LogP contribution in [0.3, 0.4) is 0 Å². The summed E-state index contributed by atoms with van der Waals surface area (Å²) in [5, 5.41) is 15.8. The van der Waals surface area contributed by atoms with Crippen molar-refractivity contribution in [1.29, 1.82) is 0 Å². The van der Waals surface area contributed by atoms with Crippen LogP contribution in [-0.4, -0.2) is 84.5 Å². The third kappa shape index (κ3) is 9.52. The minimum Gasteiger partial charge on any atom is -0.497 e. The number of nitrogens with one attached hydrogen (secondary N) is 3. The average molecular weight is 517 g/mol. The summed E-state index contributed by atoms with van der Waals surface area (Å²) in [6.07, 6.45) is 4.65. The first-order valence-corrected chi connectivity index (χ1v) is 12.1. The van der Waals surface area contributed by atoms with E-state index in [0.717, 1.165) is 59.9 Å². The van der Waals surface area contributed by atoms with Gasteiger partial charge in [-0.15, -0.1) is 0 Å². The zero-order chi connectivity index (χ0) is 27.4. The van der Waals surface area contributed by atoms with Gasteiger partial charge in [0.05, 0.1) is 25.3 Å². The number of carbonyl (C=O) groups excluding carboxylic acids is 1. The number of aliphatic hydroxyl groups excluding tert-OH is 1. The molecule has 1 aromatic carbocycles. The summed E-state index contributed by atoms with van der Waals surface area (Å²) in [6, 6.07) is 5.65. The number of esters is 1. The van der Waals surface area contributed by atoms with Crippen LogP contribution in [0.25, 0.3) is 11.0 Å². The van der Waals surface area contributed by atoms with Crippen LogP contribution >= 0.6 is 0 Å². The smallest absolute Gasteiger partial charge is 0.332 e. The molecule has 3 aromatic rings. The first-order chi connectivity index (χ1) is 17.6. The maximum Gasteiger partial charge on any atom is 0.332 e. The van der Waals surface area contributed by atoms with Gasteiger partial charge in [-0.2, -0.15) is 0 Å². The lowest BCUT2D eigenvalue weighted by molar-refractivity contribution is -0.158. The Morgan fingerprint density at radius 3 is 2.54 bits per heavy atom. The van der Waals surface area contributed by atoms with E-state index in [9.17, 15) is 4.79 Å². The molecule has 0 fully saturated rings. The fraction of sp³-hybridized carbons (Fsp3) is 0.500. The van der Waals surface area contributed by atoms with Crippen LogP contribution in [0.2, 0.25) is 0 Å². The van der Waals surface area contributed by atoms with E-state index in [2.05, 4.69) is 37.5 Å². The van der Waals surface area contributed by atoms with E-state index in [4.69, 9.17) is 19.3 Å². The summed E-state index contributed by atoms with van der Waals surface area (Å²) in [5.74, 6) is 1.59. The molecule has 0 radical (unpaired) electrons. The van der Waals surface area contributed by atoms with Crippen molar-refractivity contribution in [2.45, 2.75) is 39.3 Å². The number of aromatic amines is 1. The Bertz CT molecular complexity index is 1130. The number of nitrogens with zero attached hydrogens (tertiary/aromatic N) is 3. The zero-order valence-corrected chi connectivity index (χ0v) is 22.8. The summed E-state index contributed by atoms with van der Waals surface area (Å²) in [5.41, 5.74) is 2.29. The van der Waals surface area contributed by atoms with Gasteiger partial charge in [-0.1, -0.05) is 0 Å². The third-order valence-corrected chi connectivity index (χ3v) is 5.17. The van der Waals surface area contributed by atoms with Crippen LogP contribution in [0.15, 0.2) is 30.7 Å². The van der Waals surface area contributed by atoms with Crippen molar-refractivity contribution in [2.75, 3.05) is 53.3 Å². The number of benzene rings is 1. The number of rotatable bonds is 11. The number of ether oxygens (including phenoxy) is 3. The van der Waals surface area contributed by atoms with E-state index < -0.39 is 18.2 Å². The summed E-state index contributed by atoms with van der Waals surface area (Å²) < 4.78 is 15.5. The van der Waals surface area contributed by atoms with Gasteiger partial charge in [0.15, 0.2) is 0 Å². The summed E-state index contributed by atoms with van der Waals surface area (Å²) in [4.78, 5) is 24.8. The van der Waals surface area contributed by atoms with Crippen LogP contribution in [0, 0.1) is 0 Å². The van der Waals surface area contributed by atoms with E-state index in [1.807, 2.05) is 31.4 Å². The van der Waals surface area contributed by atoms with E-state index in [1.165, 1.54) is 0 Å². The monoisotopic (exact) mass is 516 g/mol. The van der Waals surface area contributed by atoms with Gasteiger partial charge >= 0.3 is 5.97 Å². The van der Waals surface area contributed by atoms with Crippen LogP contribution in [-0.2, 0) is 16.1 Å². The molecule has 2 aromatic heterocycles.